The first-order valence-corrected chi connectivity index (χ1v) is 11.1. The molecule has 0 aliphatic carbocycles. The number of carbonyl (C=O) groups is 3. The zero-order chi connectivity index (χ0) is 20.4. The molecule has 1 aromatic heterocycles. The smallest absolute Gasteiger partial charge is 0.294 e. The fourth-order valence-electron chi connectivity index (χ4n) is 3.05. The molecular formula is C20H17ClN2O4S2. The molecule has 1 aromatic carbocycles. The van der Waals surface area contributed by atoms with E-state index >= 15 is 0 Å². The van der Waals surface area contributed by atoms with Crippen molar-refractivity contribution in [3.63, 3.8) is 0 Å². The first-order valence-electron chi connectivity index (χ1n) is 9.06. The summed E-state index contributed by atoms with van der Waals surface area (Å²) in [5, 5.41) is 0.881. The Bertz CT molecular complexity index is 981. The lowest BCUT2D eigenvalue weighted by molar-refractivity contribution is -0.135. The summed E-state index contributed by atoms with van der Waals surface area (Å²) in [5.74, 6) is -0.181. The summed E-state index contributed by atoms with van der Waals surface area (Å²) in [7, 11) is 0. The fourth-order valence-corrected chi connectivity index (χ4v) is 4.78. The predicted octanol–water partition coefficient (Wildman–Crippen LogP) is 4.74. The first kappa shape index (κ1) is 20.1. The van der Waals surface area contributed by atoms with Gasteiger partial charge in [-0.25, -0.2) is 0 Å². The van der Waals surface area contributed by atoms with E-state index in [4.69, 9.17) is 16.0 Å². The molecule has 0 bridgehead atoms. The summed E-state index contributed by atoms with van der Waals surface area (Å²) in [4.78, 5) is 41.0. The van der Waals surface area contributed by atoms with Crippen LogP contribution < -0.4 is 0 Å². The molecule has 3 heterocycles. The Labute approximate surface area is 181 Å². The van der Waals surface area contributed by atoms with Crippen molar-refractivity contribution >= 4 is 58.3 Å². The average molecular weight is 449 g/mol. The van der Waals surface area contributed by atoms with Crippen LogP contribution in [0.4, 0.5) is 4.79 Å². The molecule has 0 N–H and O–H groups in total. The second-order valence-corrected chi connectivity index (χ2v) is 9.08. The summed E-state index contributed by atoms with van der Waals surface area (Å²) in [6.07, 6.45) is 3.46. The van der Waals surface area contributed by atoms with Crippen molar-refractivity contribution < 1.29 is 18.8 Å². The lowest BCUT2D eigenvalue weighted by atomic mass is 10.3. The van der Waals surface area contributed by atoms with Crippen LogP contribution in [-0.4, -0.2) is 46.5 Å². The van der Waals surface area contributed by atoms with Gasteiger partial charge in [0.2, 0.25) is 5.91 Å². The number of thioether (sulfide) groups is 1. The Balaban J connectivity index is 1.42. The van der Waals surface area contributed by atoms with E-state index in [0.717, 1.165) is 34.4 Å². The number of furan rings is 1. The van der Waals surface area contributed by atoms with Crippen molar-refractivity contribution in [1.82, 2.24) is 9.80 Å². The number of rotatable bonds is 5. The summed E-state index contributed by atoms with van der Waals surface area (Å²) < 4.78 is 5.74. The van der Waals surface area contributed by atoms with Crippen LogP contribution in [0.15, 0.2) is 55.7 Å². The van der Waals surface area contributed by atoms with Gasteiger partial charge in [0, 0.05) is 29.1 Å². The third kappa shape index (κ3) is 4.71. The Morgan fingerprint density at radius 2 is 1.86 bits per heavy atom. The van der Waals surface area contributed by atoms with Crippen LogP contribution in [0.3, 0.4) is 0 Å². The van der Waals surface area contributed by atoms with Gasteiger partial charge in [-0.15, -0.1) is 0 Å². The Kier molecular flexibility index (Phi) is 6.03. The average Bonchev–Trinajstić information content (AvgIpc) is 3.43. The van der Waals surface area contributed by atoms with E-state index in [0.29, 0.717) is 29.0 Å². The topological polar surface area (TPSA) is 70.8 Å². The second kappa shape index (κ2) is 8.69. The maximum atomic E-state index is 12.6. The van der Waals surface area contributed by atoms with Gasteiger partial charge in [-0.1, -0.05) is 23.4 Å². The zero-order valence-corrected chi connectivity index (χ0v) is 17.7. The molecule has 4 rings (SSSR count). The van der Waals surface area contributed by atoms with E-state index in [1.807, 2.05) is 12.1 Å². The molecule has 0 radical (unpaired) electrons. The molecule has 0 saturated carbocycles. The van der Waals surface area contributed by atoms with Crippen molar-refractivity contribution in [2.24, 2.45) is 0 Å². The van der Waals surface area contributed by atoms with Crippen LogP contribution in [-0.2, 0) is 9.59 Å². The molecule has 2 saturated heterocycles. The molecule has 0 atom stereocenters. The molecule has 0 unspecified atom stereocenters. The lowest BCUT2D eigenvalue weighted by Gasteiger charge is -2.18. The van der Waals surface area contributed by atoms with Crippen molar-refractivity contribution in [2.45, 2.75) is 22.8 Å². The van der Waals surface area contributed by atoms with E-state index in [-0.39, 0.29) is 17.4 Å². The minimum absolute atomic E-state index is 0.189. The van der Waals surface area contributed by atoms with Gasteiger partial charge in [-0.05, 0) is 61.0 Å². The number of nitrogens with zero attached hydrogens (tertiary/aromatic N) is 2. The number of carbonyl (C=O) groups excluding carboxylic acids is 3. The van der Waals surface area contributed by atoms with Gasteiger partial charge in [0.05, 0.1) is 4.91 Å². The summed E-state index contributed by atoms with van der Waals surface area (Å²) >= 11 is 8.14. The molecule has 6 nitrogen and oxygen atoms in total. The van der Waals surface area contributed by atoms with Gasteiger partial charge in [0.1, 0.15) is 12.3 Å². The van der Waals surface area contributed by atoms with Gasteiger partial charge in [0.15, 0.2) is 5.09 Å². The predicted molar refractivity (Wildman–Crippen MR) is 113 cm³/mol. The second-order valence-electron chi connectivity index (χ2n) is 6.57. The molecular weight excluding hydrogens is 432 g/mol. The van der Waals surface area contributed by atoms with E-state index in [2.05, 4.69) is 0 Å². The van der Waals surface area contributed by atoms with Gasteiger partial charge in [-0.3, -0.25) is 19.3 Å². The normalized spacial score (nSPS) is 18.3. The standard InChI is InChI=1S/C20H17ClN2O4S2/c21-13-3-6-15(7-4-13)28-18-8-5-14(27-18)11-16-19(25)23(20(26)29-16)12-17(24)22-9-1-2-10-22/h3-8,11H,1-2,9-10,12H2. The summed E-state index contributed by atoms with van der Waals surface area (Å²) in [6, 6.07) is 10.9. The number of imide groups is 1. The highest BCUT2D eigenvalue weighted by Crippen LogP contribution is 2.34. The van der Waals surface area contributed by atoms with Crippen LogP contribution in [0.1, 0.15) is 18.6 Å². The molecule has 150 valence electrons. The maximum Gasteiger partial charge on any atom is 0.294 e. The highest BCUT2D eigenvalue weighted by molar-refractivity contribution is 8.18. The van der Waals surface area contributed by atoms with Gasteiger partial charge >= 0.3 is 0 Å². The SMILES string of the molecule is O=C(CN1C(=O)SC(=Cc2ccc(Sc3ccc(Cl)cc3)o2)C1=O)N1CCCC1. The quantitative estimate of drug-likeness (QED) is 0.615. The van der Waals surface area contributed by atoms with Crippen LogP contribution in [0.2, 0.25) is 5.02 Å². The van der Waals surface area contributed by atoms with Gasteiger partial charge in [-0.2, -0.15) is 0 Å². The van der Waals surface area contributed by atoms with Gasteiger partial charge < -0.3 is 9.32 Å². The fraction of sp³-hybridized carbons (Fsp3) is 0.250. The zero-order valence-electron chi connectivity index (χ0n) is 15.3. The Morgan fingerprint density at radius 1 is 1.14 bits per heavy atom. The molecule has 2 aliphatic rings. The number of halogens is 1. The highest BCUT2D eigenvalue weighted by atomic mass is 35.5. The minimum Gasteiger partial charge on any atom is -0.450 e. The van der Waals surface area contributed by atoms with E-state index < -0.39 is 11.1 Å². The monoisotopic (exact) mass is 448 g/mol. The Morgan fingerprint density at radius 3 is 2.59 bits per heavy atom. The van der Waals surface area contributed by atoms with E-state index in [1.165, 1.54) is 17.8 Å². The molecule has 29 heavy (non-hydrogen) atoms. The van der Waals surface area contributed by atoms with E-state index in [9.17, 15) is 14.4 Å². The molecule has 2 fully saturated rings. The first-order chi connectivity index (χ1) is 14.0. The lowest BCUT2D eigenvalue weighted by Crippen LogP contribution is -2.40. The largest absolute Gasteiger partial charge is 0.450 e. The molecule has 0 spiro atoms. The van der Waals surface area contributed by atoms with Crippen LogP contribution in [0, 0.1) is 0 Å². The third-order valence-electron chi connectivity index (χ3n) is 4.53. The van der Waals surface area contributed by atoms with Gasteiger partial charge in [0.25, 0.3) is 11.1 Å². The summed E-state index contributed by atoms with van der Waals surface area (Å²) in [5.41, 5.74) is 0. The van der Waals surface area contributed by atoms with Crippen molar-refractivity contribution in [1.29, 1.82) is 0 Å². The number of hydrogen-bond acceptors (Lipinski definition) is 6. The number of likely N-dealkylation sites (tertiary alicyclic amines) is 1. The maximum absolute atomic E-state index is 12.6. The highest BCUT2D eigenvalue weighted by Gasteiger charge is 2.37. The summed E-state index contributed by atoms with van der Waals surface area (Å²) in [6.45, 7) is 1.16. The molecule has 9 heteroatoms. The number of amides is 3. The van der Waals surface area contributed by atoms with Crippen molar-refractivity contribution in [3.8, 4) is 0 Å². The van der Waals surface area contributed by atoms with E-state index in [1.54, 1.807) is 29.2 Å². The van der Waals surface area contributed by atoms with Crippen LogP contribution in [0.25, 0.3) is 6.08 Å². The third-order valence-corrected chi connectivity index (χ3v) is 6.62. The molecule has 3 amide bonds. The minimum atomic E-state index is -0.462. The van der Waals surface area contributed by atoms with Crippen molar-refractivity contribution in [2.75, 3.05) is 19.6 Å². The molecule has 2 aliphatic heterocycles. The van der Waals surface area contributed by atoms with Crippen LogP contribution >= 0.6 is 35.1 Å². The molecule has 2 aromatic rings. The van der Waals surface area contributed by atoms with Crippen LogP contribution in [0.5, 0.6) is 0 Å². The van der Waals surface area contributed by atoms with Crippen molar-refractivity contribution in [3.05, 3.63) is 52.1 Å². The number of hydrogen-bond donors (Lipinski definition) is 0. The Hall–Kier alpha value is -2.16. The number of benzene rings is 1.